The van der Waals surface area contributed by atoms with Gasteiger partial charge in [-0.2, -0.15) is 13.2 Å². The van der Waals surface area contributed by atoms with Crippen LogP contribution in [-0.4, -0.2) is 31.5 Å². The Morgan fingerprint density at radius 2 is 2.00 bits per heavy atom. The molecular weight excluding hydrogens is 325 g/mol. The van der Waals surface area contributed by atoms with E-state index in [1.807, 2.05) is 0 Å². The Hall–Kier alpha value is -1.35. The molecule has 0 saturated carbocycles. The summed E-state index contributed by atoms with van der Waals surface area (Å²) in [4.78, 5) is -0.345. The maximum atomic E-state index is 12.9. The summed E-state index contributed by atoms with van der Waals surface area (Å²) in [5.74, 6) is -0.162. The second-order valence-corrected chi connectivity index (χ2v) is 7.20. The number of benzene rings is 1. The molecule has 4 nitrogen and oxygen atoms in total. The van der Waals surface area contributed by atoms with E-state index in [0.29, 0.717) is 0 Å². The molecule has 0 radical (unpaired) electrons. The molecule has 0 amide bonds. The molecule has 0 aromatic heterocycles. The van der Waals surface area contributed by atoms with Gasteiger partial charge in [-0.25, -0.2) is 8.42 Å². The van der Waals surface area contributed by atoms with E-state index in [4.69, 9.17) is 5.73 Å². The molecule has 0 atom stereocenters. The first-order valence-electron chi connectivity index (χ1n) is 6.02. The lowest BCUT2D eigenvalue weighted by Crippen LogP contribution is -2.20. The highest BCUT2D eigenvalue weighted by molar-refractivity contribution is 7.91. The maximum absolute atomic E-state index is 12.9. The van der Waals surface area contributed by atoms with Gasteiger partial charge in [-0.15, -0.1) is 0 Å². The Kier molecular flexibility index (Phi) is 5.57. The van der Waals surface area contributed by atoms with Gasteiger partial charge in [0.2, 0.25) is 0 Å². The van der Waals surface area contributed by atoms with Crippen molar-refractivity contribution < 1.29 is 21.6 Å². The Morgan fingerprint density at radius 1 is 1.38 bits per heavy atom. The van der Waals surface area contributed by atoms with E-state index >= 15 is 0 Å². The third-order valence-electron chi connectivity index (χ3n) is 2.77. The Morgan fingerprint density at radius 3 is 2.48 bits per heavy atom. The molecular formula is C12H15F3N2O2S2. The summed E-state index contributed by atoms with van der Waals surface area (Å²) < 4.78 is 61.4. The van der Waals surface area contributed by atoms with Crippen molar-refractivity contribution in [2.24, 2.45) is 5.73 Å². The van der Waals surface area contributed by atoms with Crippen molar-refractivity contribution in [3.63, 3.8) is 0 Å². The molecule has 9 heteroatoms. The van der Waals surface area contributed by atoms with E-state index in [9.17, 15) is 21.6 Å². The predicted molar refractivity (Wildman–Crippen MR) is 80.1 cm³/mol. The molecule has 0 saturated heterocycles. The van der Waals surface area contributed by atoms with Gasteiger partial charge in [-0.3, -0.25) is 0 Å². The second-order valence-electron chi connectivity index (χ2n) is 4.29. The molecule has 0 aliphatic heterocycles. The van der Waals surface area contributed by atoms with Crippen LogP contribution in [0.5, 0.6) is 0 Å². The molecule has 0 bridgehead atoms. The van der Waals surface area contributed by atoms with Crippen molar-refractivity contribution in [1.82, 2.24) is 0 Å². The lowest BCUT2D eigenvalue weighted by molar-refractivity contribution is -0.137. The van der Waals surface area contributed by atoms with E-state index < -0.39 is 21.6 Å². The largest absolute Gasteiger partial charge is 0.417 e. The molecule has 0 unspecified atom stereocenters. The van der Waals surface area contributed by atoms with Crippen LogP contribution in [0.15, 0.2) is 18.2 Å². The van der Waals surface area contributed by atoms with E-state index in [-0.39, 0.29) is 34.3 Å². The van der Waals surface area contributed by atoms with Crippen LogP contribution in [0.4, 0.5) is 18.9 Å². The van der Waals surface area contributed by atoms with Crippen molar-refractivity contribution >= 4 is 32.7 Å². The van der Waals surface area contributed by atoms with Gasteiger partial charge in [-0.1, -0.05) is 19.1 Å². The third kappa shape index (κ3) is 5.16. The molecule has 1 rings (SSSR count). The summed E-state index contributed by atoms with van der Waals surface area (Å²) in [6.45, 7) is 1.54. The van der Waals surface area contributed by atoms with Gasteiger partial charge in [-0.05, 0) is 18.2 Å². The fraction of sp³-hybridized carbons (Fsp3) is 0.417. The van der Waals surface area contributed by atoms with E-state index in [1.54, 1.807) is 0 Å². The molecule has 21 heavy (non-hydrogen) atoms. The smallest absolute Gasteiger partial charge is 0.389 e. The molecule has 0 aliphatic rings. The number of anilines is 1. The fourth-order valence-electron chi connectivity index (χ4n) is 1.60. The molecule has 3 N–H and O–H groups in total. The van der Waals surface area contributed by atoms with Crippen molar-refractivity contribution in [1.29, 1.82) is 0 Å². The topological polar surface area (TPSA) is 72.2 Å². The minimum atomic E-state index is -4.59. The van der Waals surface area contributed by atoms with Gasteiger partial charge in [0, 0.05) is 23.5 Å². The molecule has 0 fully saturated rings. The summed E-state index contributed by atoms with van der Waals surface area (Å²) in [5, 5.41) is 2.65. The highest BCUT2D eigenvalue weighted by Gasteiger charge is 2.34. The van der Waals surface area contributed by atoms with Crippen molar-refractivity contribution in [3.8, 4) is 0 Å². The summed E-state index contributed by atoms with van der Waals surface area (Å²) >= 11 is 4.59. The summed E-state index contributed by atoms with van der Waals surface area (Å²) in [7, 11) is -3.18. The number of nitrogens with two attached hydrogens (primary N) is 1. The number of hydrogen-bond donors (Lipinski definition) is 2. The van der Waals surface area contributed by atoms with Crippen molar-refractivity contribution in [2.75, 3.05) is 23.4 Å². The summed E-state index contributed by atoms with van der Waals surface area (Å²) in [6.07, 6.45) is -4.59. The number of hydrogen-bond acceptors (Lipinski definition) is 4. The highest BCUT2D eigenvalue weighted by atomic mass is 32.2. The average Bonchev–Trinajstić information content (AvgIpc) is 2.37. The third-order valence-corrected chi connectivity index (χ3v) is 4.70. The Labute approximate surface area is 126 Å². The lowest BCUT2D eigenvalue weighted by atomic mass is 10.1. The Bertz CT molecular complexity index is 628. The average molecular weight is 340 g/mol. The second kappa shape index (κ2) is 6.61. The van der Waals surface area contributed by atoms with Crippen molar-refractivity contribution in [2.45, 2.75) is 13.1 Å². The summed E-state index contributed by atoms with van der Waals surface area (Å²) in [5.41, 5.74) is 4.22. The monoisotopic (exact) mass is 340 g/mol. The normalized spacial score (nSPS) is 12.2. The maximum Gasteiger partial charge on any atom is 0.417 e. The number of thiocarbonyl (C=S) groups is 1. The van der Waals surface area contributed by atoms with Gasteiger partial charge < -0.3 is 11.1 Å². The van der Waals surface area contributed by atoms with Crippen LogP contribution in [0.2, 0.25) is 0 Å². The first-order valence-corrected chi connectivity index (χ1v) is 8.25. The summed E-state index contributed by atoms with van der Waals surface area (Å²) in [6, 6.07) is 3.41. The minimum Gasteiger partial charge on any atom is -0.389 e. The van der Waals surface area contributed by atoms with Gasteiger partial charge >= 0.3 is 6.18 Å². The molecule has 0 aliphatic carbocycles. The zero-order valence-corrected chi connectivity index (χ0v) is 12.8. The SMILES string of the molecule is CCS(=O)(=O)CCNc1ccc(C(N)=S)c(C(F)(F)F)c1. The molecule has 1 aromatic rings. The van der Waals surface area contributed by atoms with Gasteiger partial charge in [0.25, 0.3) is 0 Å². The highest BCUT2D eigenvalue weighted by Crippen LogP contribution is 2.33. The van der Waals surface area contributed by atoms with Crippen LogP contribution in [0, 0.1) is 0 Å². The molecule has 1 aromatic carbocycles. The lowest BCUT2D eigenvalue weighted by Gasteiger charge is -2.14. The molecule has 118 valence electrons. The van der Waals surface area contributed by atoms with E-state index in [1.165, 1.54) is 19.1 Å². The number of halogens is 3. The predicted octanol–water partition coefficient (Wildman–Crippen LogP) is 2.19. The van der Waals surface area contributed by atoms with Crippen LogP contribution < -0.4 is 11.1 Å². The van der Waals surface area contributed by atoms with Gasteiger partial charge in [0.15, 0.2) is 9.84 Å². The number of rotatable bonds is 6. The minimum absolute atomic E-state index is 0.0110. The molecule has 0 spiro atoms. The fourth-order valence-corrected chi connectivity index (χ4v) is 2.48. The first-order chi connectivity index (χ1) is 9.57. The van der Waals surface area contributed by atoms with Crippen LogP contribution in [0.25, 0.3) is 0 Å². The Balaban J connectivity index is 2.94. The zero-order valence-electron chi connectivity index (χ0n) is 11.2. The number of sulfone groups is 1. The quantitative estimate of drug-likeness (QED) is 0.777. The van der Waals surface area contributed by atoms with Gasteiger partial charge in [0.05, 0.1) is 11.3 Å². The van der Waals surface area contributed by atoms with Crippen molar-refractivity contribution in [3.05, 3.63) is 29.3 Å². The van der Waals surface area contributed by atoms with E-state index in [0.717, 1.165) is 6.07 Å². The van der Waals surface area contributed by atoms with E-state index in [2.05, 4.69) is 17.5 Å². The zero-order chi connectivity index (χ0) is 16.3. The van der Waals surface area contributed by atoms with Crippen LogP contribution in [0.3, 0.4) is 0 Å². The number of nitrogens with one attached hydrogen (secondary N) is 1. The molecule has 0 heterocycles. The van der Waals surface area contributed by atoms with Crippen LogP contribution in [0.1, 0.15) is 18.1 Å². The standard InChI is InChI=1S/C12H15F3N2O2S2/c1-2-21(18,19)6-5-17-8-3-4-9(11(16)20)10(7-8)12(13,14)15/h3-4,7,17H,2,5-6H2,1H3,(H2,16,20). The van der Waals surface area contributed by atoms with Crippen LogP contribution in [-0.2, 0) is 16.0 Å². The first kappa shape index (κ1) is 17.7. The van der Waals surface area contributed by atoms with Crippen LogP contribution >= 0.6 is 12.2 Å². The number of alkyl halides is 3. The van der Waals surface area contributed by atoms with Gasteiger partial charge in [0.1, 0.15) is 4.99 Å².